The van der Waals surface area contributed by atoms with Gasteiger partial charge in [-0.25, -0.2) is 0 Å². The maximum absolute atomic E-state index is 6.34. The highest BCUT2D eigenvalue weighted by atomic mass is 31.1. The molecule has 0 heterocycles. The molecular weight excluding hydrogens is 461 g/mol. The van der Waals surface area contributed by atoms with Crippen LogP contribution in [0.15, 0.2) is 65.7 Å². The molecule has 3 aromatic carbocycles. The van der Waals surface area contributed by atoms with Crippen molar-refractivity contribution < 1.29 is 9.47 Å². The van der Waals surface area contributed by atoms with E-state index in [9.17, 15) is 0 Å². The highest BCUT2D eigenvalue weighted by Crippen LogP contribution is 2.51. The summed E-state index contributed by atoms with van der Waals surface area (Å²) in [6, 6.07) is 21.7. The van der Waals surface area contributed by atoms with Crippen molar-refractivity contribution in [1.29, 1.82) is 0 Å². The molecule has 192 valence electrons. The molecule has 0 saturated carbocycles. The molecule has 3 nitrogen and oxygen atoms in total. The Morgan fingerprint density at radius 2 is 1.58 bits per heavy atom. The van der Waals surface area contributed by atoms with Crippen LogP contribution in [-0.4, -0.2) is 26.7 Å². The average Bonchev–Trinajstić information content (AvgIpc) is 2.85. The summed E-state index contributed by atoms with van der Waals surface area (Å²) in [6.45, 7) is 16.1. The van der Waals surface area contributed by atoms with Gasteiger partial charge in [0.1, 0.15) is 5.75 Å². The molecule has 0 aromatic heterocycles. The average molecular weight is 504 g/mol. The van der Waals surface area contributed by atoms with Crippen LogP contribution in [0.5, 0.6) is 5.75 Å². The minimum absolute atomic E-state index is 0.0508. The van der Waals surface area contributed by atoms with Gasteiger partial charge in [-0.2, -0.15) is 0 Å². The summed E-state index contributed by atoms with van der Waals surface area (Å²) in [6.07, 6.45) is 0.986. The van der Waals surface area contributed by atoms with Crippen molar-refractivity contribution in [2.24, 2.45) is 4.99 Å². The Labute approximate surface area is 220 Å². The summed E-state index contributed by atoms with van der Waals surface area (Å²) in [4.78, 5) is 4.76. The van der Waals surface area contributed by atoms with Crippen LogP contribution in [-0.2, 0) is 15.3 Å². The monoisotopic (exact) mass is 503 g/mol. The summed E-state index contributed by atoms with van der Waals surface area (Å²) in [7, 11) is 4.11. The first kappa shape index (κ1) is 28.1. The van der Waals surface area contributed by atoms with Gasteiger partial charge < -0.3 is 9.47 Å². The molecule has 0 amide bonds. The van der Waals surface area contributed by atoms with Crippen LogP contribution in [0.25, 0.3) is 0 Å². The zero-order chi connectivity index (χ0) is 26.5. The lowest BCUT2D eigenvalue weighted by Gasteiger charge is -2.35. The van der Waals surface area contributed by atoms with Crippen LogP contribution in [0.4, 0.5) is 0 Å². The van der Waals surface area contributed by atoms with Crippen molar-refractivity contribution in [1.82, 2.24) is 0 Å². The zero-order valence-corrected chi connectivity index (χ0v) is 24.5. The molecule has 3 aromatic rings. The number of ether oxygens (including phenoxy) is 2. The molecule has 0 fully saturated rings. The van der Waals surface area contributed by atoms with Gasteiger partial charge in [-0.1, -0.05) is 109 Å². The number of hydrogen-bond donors (Lipinski definition) is 0. The number of rotatable bonds is 9. The second kappa shape index (κ2) is 11.7. The molecule has 2 unspecified atom stereocenters. The summed E-state index contributed by atoms with van der Waals surface area (Å²) >= 11 is 0. The lowest BCUT2D eigenvalue weighted by molar-refractivity contribution is 0.0487. The van der Waals surface area contributed by atoms with E-state index >= 15 is 0 Å². The highest BCUT2D eigenvalue weighted by Gasteiger charge is 2.34. The molecule has 0 bridgehead atoms. The Morgan fingerprint density at radius 3 is 2.17 bits per heavy atom. The molecule has 2 atom stereocenters. The third-order valence-corrected chi connectivity index (χ3v) is 8.95. The van der Waals surface area contributed by atoms with Gasteiger partial charge in [-0.05, 0) is 36.6 Å². The van der Waals surface area contributed by atoms with Crippen LogP contribution >= 0.6 is 8.58 Å². The van der Waals surface area contributed by atoms with Gasteiger partial charge in [0, 0.05) is 41.6 Å². The van der Waals surface area contributed by atoms with Crippen LogP contribution in [0.3, 0.4) is 0 Å². The van der Waals surface area contributed by atoms with Crippen molar-refractivity contribution >= 4 is 19.6 Å². The van der Waals surface area contributed by atoms with E-state index in [1.54, 1.807) is 7.11 Å². The van der Waals surface area contributed by atoms with Gasteiger partial charge in [0.05, 0.1) is 5.71 Å². The van der Waals surface area contributed by atoms with E-state index in [2.05, 4.69) is 109 Å². The smallest absolute Gasteiger partial charge is 0.188 e. The normalized spacial score (nSPS) is 14.3. The highest BCUT2D eigenvalue weighted by molar-refractivity contribution is 7.49. The van der Waals surface area contributed by atoms with E-state index in [0.29, 0.717) is 8.58 Å². The second-order valence-electron chi connectivity index (χ2n) is 10.7. The summed E-state index contributed by atoms with van der Waals surface area (Å²) in [5.74, 6) is 0.967. The fourth-order valence-electron chi connectivity index (χ4n) is 4.67. The molecule has 0 saturated heterocycles. The molecule has 0 radical (unpaired) electrons. The molecule has 0 aliphatic rings. The number of aliphatic imine (C=N–C) groups is 1. The molecule has 0 aliphatic heterocycles. The SMILES string of the molecule is CCC(C)(Pc1c(C)cccc1/C(=N/C)c1ccccc1)c1cc(C)cc(C(C)(C)C)c1OCOC. The molecule has 4 heteroatoms. The van der Waals surface area contributed by atoms with Crippen LogP contribution in [0.2, 0.25) is 0 Å². The second-order valence-corrected chi connectivity index (χ2v) is 12.6. The van der Waals surface area contributed by atoms with Gasteiger partial charge >= 0.3 is 0 Å². The van der Waals surface area contributed by atoms with Crippen molar-refractivity contribution in [2.45, 2.75) is 65.5 Å². The lowest BCUT2D eigenvalue weighted by Crippen LogP contribution is -2.26. The topological polar surface area (TPSA) is 30.8 Å². The maximum Gasteiger partial charge on any atom is 0.188 e. The summed E-state index contributed by atoms with van der Waals surface area (Å²) in [5.41, 5.74) is 8.38. The number of benzene rings is 3. The van der Waals surface area contributed by atoms with Crippen LogP contribution in [0, 0.1) is 13.8 Å². The van der Waals surface area contributed by atoms with Crippen molar-refractivity contribution in [2.75, 3.05) is 21.0 Å². The van der Waals surface area contributed by atoms with E-state index in [-0.39, 0.29) is 17.4 Å². The first-order valence-corrected chi connectivity index (χ1v) is 13.7. The third kappa shape index (κ3) is 6.07. The predicted molar refractivity (Wildman–Crippen MR) is 157 cm³/mol. The largest absolute Gasteiger partial charge is 0.467 e. The Balaban J connectivity index is 2.21. The minimum atomic E-state index is -0.120. The van der Waals surface area contributed by atoms with Crippen molar-refractivity contribution in [3.8, 4) is 5.75 Å². The van der Waals surface area contributed by atoms with E-state index in [1.807, 2.05) is 7.05 Å². The van der Waals surface area contributed by atoms with Gasteiger partial charge in [-0.3, -0.25) is 4.99 Å². The maximum atomic E-state index is 6.34. The number of hydrogen-bond acceptors (Lipinski definition) is 3. The molecule has 36 heavy (non-hydrogen) atoms. The van der Waals surface area contributed by atoms with Gasteiger partial charge in [-0.15, -0.1) is 0 Å². The van der Waals surface area contributed by atoms with E-state index < -0.39 is 0 Å². The quantitative estimate of drug-likeness (QED) is 0.170. The Morgan fingerprint density at radius 1 is 0.917 bits per heavy atom. The van der Waals surface area contributed by atoms with Crippen molar-refractivity contribution in [3.05, 3.63) is 94.0 Å². The van der Waals surface area contributed by atoms with E-state index in [0.717, 1.165) is 23.4 Å². The third-order valence-electron chi connectivity index (χ3n) is 6.86. The number of methoxy groups -OCH3 is 1. The summed E-state index contributed by atoms with van der Waals surface area (Å²) < 4.78 is 11.7. The molecular formula is C32H42NO2P. The predicted octanol–water partition coefficient (Wildman–Crippen LogP) is 7.68. The van der Waals surface area contributed by atoms with Gasteiger partial charge in [0.25, 0.3) is 0 Å². The van der Waals surface area contributed by atoms with Crippen molar-refractivity contribution in [3.63, 3.8) is 0 Å². The fourth-order valence-corrected chi connectivity index (χ4v) is 6.33. The molecule has 0 aliphatic carbocycles. The molecule has 0 N–H and O–H groups in total. The standard InChI is InChI=1S/C32H42NO2P/c1-10-32(7,27-20-22(2)19-26(31(4,5)6)29(27)35-21-34-9)36-30-23(3)15-14-18-25(30)28(33-8)24-16-12-11-13-17-24/h11-20,36H,10,21H2,1-9H3/b33-28+. The first-order valence-electron chi connectivity index (χ1n) is 12.7. The first-order chi connectivity index (χ1) is 17.1. The van der Waals surface area contributed by atoms with E-state index in [1.165, 1.54) is 33.1 Å². The Hall–Kier alpha value is -2.48. The molecule has 0 spiro atoms. The molecule has 3 rings (SSSR count). The van der Waals surface area contributed by atoms with E-state index in [4.69, 9.17) is 14.5 Å². The van der Waals surface area contributed by atoms with Crippen LogP contribution in [0.1, 0.15) is 74.4 Å². The number of nitrogens with zero attached hydrogens (tertiary/aromatic N) is 1. The fraction of sp³-hybridized carbons (Fsp3) is 0.406. The Bertz CT molecular complexity index is 1210. The van der Waals surface area contributed by atoms with Gasteiger partial charge in [0.15, 0.2) is 6.79 Å². The summed E-state index contributed by atoms with van der Waals surface area (Å²) in [5, 5.41) is 1.24. The lowest BCUT2D eigenvalue weighted by atomic mass is 9.81. The Kier molecular flexibility index (Phi) is 9.14. The number of aryl methyl sites for hydroxylation is 2. The van der Waals surface area contributed by atoms with Gasteiger partial charge in [0.2, 0.25) is 0 Å². The zero-order valence-electron chi connectivity index (χ0n) is 23.5. The minimum Gasteiger partial charge on any atom is -0.467 e. The van der Waals surface area contributed by atoms with Crippen LogP contribution < -0.4 is 10.0 Å².